The fourth-order valence-corrected chi connectivity index (χ4v) is 1.26. The van der Waals surface area contributed by atoms with Gasteiger partial charge in [0.25, 0.3) is 5.95 Å². The third-order valence-electron chi connectivity index (χ3n) is 2.07. The van der Waals surface area contributed by atoms with Crippen LogP contribution in [-0.2, 0) is 5.54 Å². The van der Waals surface area contributed by atoms with Gasteiger partial charge in [0, 0.05) is 14.1 Å². The van der Waals surface area contributed by atoms with Gasteiger partial charge in [-0.2, -0.15) is 4.98 Å². The van der Waals surface area contributed by atoms with Crippen molar-refractivity contribution in [2.75, 3.05) is 19.0 Å². The molecule has 0 fully saturated rings. The van der Waals surface area contributed by atoms with Crippen molar-refractivity contribution in [2.24, 2.45) is 5.73 Å². The first-order valence-corrected chi connectivity index (χ1v) is 4.77. The second-order valence-corrected chi connectivity index (χ2v) is 3.96. The van der Waals surface area contributed by atoms with E-state index in [0.29, 0.717) is 11.8 Å². The Hall–Kier alpha value is -1.10. The molecule has 0 aromatic carbocycles. The van der Waals surface area contributed by atoms with Crippen LogP contribution in [0.25, 0.3) is 0 Å². The number of aromatic nitrogens is 2. The summed E-state index contributed by atoms with van der Waals surface area (Å²) in [6, 6.07) is 0. The summed E-state index contributed by atoms with van der Waals surface area (Å²) in [5.41, 5.74) is 5.53. The van der Waals surface area contributed by atoms with Crippen LogP contribution in [0.4, 0.5) is 5.95 Å². The summed E-state index contributed by atoms with van der Waals surface area (Å²) in [5.74, 6) is 1.07. The van der Waals surface area contributed by atoms with E-state index < -0.39 is 5.54 Å². The number of rotatable bonds is 4. The molecular weight excluding hydrogens is 180 g/mol. The van der Waals surface area contributed by atoms with Crippen LogP contribution in [-0.4, -0.2) is 24.2 Å². The fourth-order valence-electron chi connectivity index (χ4n) is 1.26. The molecule has 2 N–H and O–H groups in total. The molecule has 1 heterocycles. The molecule has 1 rings (SSSR count). The predicted molar refractivity (Wildman–Crippen MR) is 55.1 cm³/mol. The largest absolute Gasteiger partial charge is 0.344 e. The van der Waals surface area contributed by atoms with Gasteiger partial charge in [-0.3, -0.25) is 0 Å². The second kappa shape index (κ2) is 3.96. The van der Waals surface area contributed by atoms with Gasteiger partial charge in [0.15, 0.2) is 0 Å². The predicted octanol–water partition coefficient (Wildman–Crippen LogP) is 1.11. The van der Waals surface area contributed by atoms with E-state index in [0.717, 1.165) is 12.8 Å². The standard InChI is InChI=1S/C9H18N4O/c1-5-6-9(2,10)7-11-8(12-14-7)13(3)4/h5-6,10H2,1-4H3. The maximum absolute atomic E-state index is 6.05. The summed E-state index contributed by atoms with van der Waals surface area (Å²) >= 11 is 0. The van der Waals surface area contributed by atoms with Crippen LogP contribution in [0.1, 0.15) is 32.6 Å². The van der Waals surface area contributed by atoms with Gasteiger partial charge in [-0.05, 0) is 18.5 Å². The molecule has 0 radical (unpaired) electrons. The van der Waals surface area contributed by atoms with E-state index in [1.807, 2.05) is 21.0 Å². The number of hydrogen-bond donors (Lipinski definition) is 1. The van der Waals surface area contributed by atoms with Crippen molar-refractivity contribution in [3.63, 3.8) is 0 Å². The molecule has 0 saturated heterocycles. The summed E-state index contributed by atoms with van der Waals surface area (Å²) in [5, 5.41) is 3.82. The molecule has 0 aliphatic heterocycles. The van der Waals surface area contributed by atoms with Gasteiger partial charge in [-0.25, -0.2) is 0 Å². The van der Waals surface area contributed by atoms with Crippen LogP contribution in [0.15, 0.2) is 4.52 Å². The van der Waals surface area contributed by atoms with Crippen molar-refractivity contribution >= 4 is 5.95 Å². The molecule has 1 aromatic heterocycles. The normalized spacial score (nSPS) is 15.2. The Bertz CT molecular complexity index is 293. The Morgan fingerprint density at radius 1 is 1.50 bits per heavy atom. The fraction of sp³-hybridized carbons (Fsp3) is 0.778. The summed E-state index contributed by atoms with van der Waals surface area (Å²) < 4.78 is 5.12. The topological polar surface area (TPSA) is 68.2 Å². The highest BCUT2D eigenvalue weighted by Gasteiger charge is 2.27. The summed E-state index contributed by atoms with van der Waals surface area (Å²) in [6.07, 6.45) is 1.83. The molecule has 80 valence electrons. The van der Waals surface area contributed by atoms with Crippen molar-refractivity contribution in [1.29, 1.82) is 0 Å². The van der Waals surface area contributed by atoms with Crippen LogP contribution < -0.4 is 10.6 Å². The van der Waals surface area contributed by atoms with E-state index in [4.69, 9.17) is 10.3 Å². The van der Waals surface area contributed by atoms with E-state index in [-0.39, 0.29) is 0 Å². The third kappa shape index (κ3) is 2.23. The number of hydrogen-bond acceptors (Lipinski definition) is 5. The zero-order valence-corrected chi connectivity index (χ0v) is 9.24. The Balaban J connectivity index is 2.85. The van der Waals surface area contributed by atoms with Crippen molar-refractivity contribution in [1.82, 2.24) is 10.1 Å². The van der Waals surface area contributed by atoms with Crippen LogP contribution in [0.2, 0.25) is 0 Å². The molecule has 1 atom stereocenters. The molecule has 0 saturated carbocycles. The van der Waals surface area contributed by atoms with E-state index >= 15 is 0 Å². The monoisotopic (exact) mass is 198 g/mol. The quantitative estimate of drug-likeness (QED) is 0.784. The van der Waals surface area contributed by atoms with Gasteiger partial charge in [0.1, 0.15) is 0 Å². The highest BCUT2D eigenvalue weighted by molar-refractivity contribution is 5.24. The minimum atomic E-state index is -0.518. The molecule has 1 unspecified atom stereocenters. The zero-order valence-electron chi connectivity index (χ0n) is 9.24. The first-order chi connectivity index (χ1) is 6.47. The van der Waals surface area contributed by atoms with Crippen molar-refractivity contribution in [2.45, 2.75) is 32.2 Å². The smallest absolute Gasteiger partial charge is 0.265 e. The van der Waals surface area contributed by atoms with Gasteiger partial charge in [0.2, 0.25) is 5.89 Å². The van der Waals surface area contributed by atoms with Crippen molar-refractivity contribution in [3.05, 3.63) is 5.89 Å². The lowest BCUT2D eigenvalue weighted by molar-refractivity contribution is 0.283. The van der Waals surface area contributed by atoms with Gasteiger partial charge in [-0.15, -0.1) is 0 Å². The second-order valence-electron chi connectivity index (χ2n) is 3.96. The van der Waals surface area contributed by atoms with E-state index in [1.54, 1.807) is 4.90 Å². The molecule has 0 aliphatic carbocycles. The molecule has 0 amide bonds. The molecule has 0 bridgehead atoms. The first kappa shape index (κ1) is 11.0. The van der Waals surface area contributed by atoms with E-state index in [9.17, 15) is 0 Å². The van der Waals surface area contributed by atoms with Crippen molar-refractivity contribution < 1.29 is 4.52 Å². The molecule has 1 aromatic rings. The molecule has 0 spiro atoms. The van der Waals surface area contributed by atoms with Gasteiger partial charge < -0.3 is 15.2 Å². The first-order valence-electron chi connectivity index (χ1n) is 4.77. The summed E-state index contributed by atoms with van der Waals surface area (Å²) in [7, 11) is 3.73. The minimum Gasteiger partial charge on any atom is -0.344 e. The van der Waals surface area contributed by atoms with Crippen molar-refractivity contribution in [3.8, 4) is 0 Å². The SMILES string of the molecule is CCCC(C)(N)c1nc(N(C)C)no1. The molecular formula is C9H18N4O. The molecule has 5 heteroatoms. The maximum atomic E-state index is 6.05. The van der Waals surface area contributed by atoms with E-state index in [2.05, 4.69) is 17.1 Å². The van der Waals surface area contributed by atoms with Gasteiger partial charge >= 0.3 is 0 Å². The Labute approximate surface area is 84.3 Å². The average molecular weight is 198 g/mol. The van der Waals surface area contributed by atoms with Gasteiger partial charge in [-0.1, -0.05) is 13.3 Å². The highest BCUT2D eigenvalue weighted by Crippen LogP contribution is 2.22. The van der Waals surface area contributed by atoms with Crippen LogP contribution >= 0.6 is 0 Å². The maximum Gasteiger partial charge on any atom is 0.265 e. The van der Waals surface area contributed by atoms with E-state index in [1.165, 1.54) is 0 Å². The lowest BCUT2D eigenvalue weighted by Gasteiger charge is -2.18. The third-order valence-corrected chi connectivity index (χ3v) is 2.07. The number of nitrogens with two attached hydrogens (primary N) is 1. The Kier molecular flexibility index (Phi) is 3.10. The molecule has 14 heavy (non-hydrogen) atoms. The zero-order chi connectivity index (χ0) is 10.8. The summed E-state index contributed by atoms with van der Waals surface area (Å²) in [6.45, 7) is 3.98. The molecule has 5 nitrogen and oxygen atoms in total. The lowest BCUT2D eigenvalue weighted by Crippen LogP contribution is -2.33. The summed E-state index contributed by atoms with van der Waals surface area (Å²) in [4.78, 5) is 6.01. The van der Waals surface area contributed by atoms with Crippen LogP contribution in [0.5, 0.6) is 0 Å². The lowest BCUT2D eigenvalue weighted by atomic mass is 9.98. The minimum absolute atomic E-state index is 0.503. The Morgan fingerprint density at radius 3 is 2.57 bits per heavy atom. The Morgan fingerprint density at radius 2 is 2.14 bits per heavy atom. The van der Waals surface area contributed by atoms with Gasteiger partial charge in [0.05, 0.1) is 5.54 Å². The number of anilines is 1. The average Bonchev–Trinajstić information content (AvgIpc) is 2.51. The number of nitrogens with zero attached hydrogens (tertiary/aromatic N) is 3. The van der Waals surface area contributed by atoms with Crippen LogP contribution in [0, 0.1) is 0 Å². The van der Waals surface area contributed by atoms with Crippen LogP contribution in [0.3, 0.4) is 0 Å². The molecule has 0 aliphatic rings. The highest BCUT2D eigenvalue weighted by atomic mass is 16.5.